The summed E-state index contributed by atoms with van der Waals surface area (Å²) in [4.78, 5) is 28.3. The molecule has 0 aliphatic heterocycles. The Kier molecular flexibility index (Phi) is 4.81. The number of H-pyrrole nitrogens is 1. The third-order valence-corrected chi connectivity index (χ3v) is 7.39. The standard InChI is InChI=1S/C19H14ClN3O4S2/c1-22(12-5-3-2-4-6-12)29(26,27)13-7-8-15(20)16(11-13)23-18(24)14-9-10-28-17(14)21-19(23)25/h2-11H,1H3,(H,21,25). The van der Waals surface area contributed by atoms with Crippen LogP contribution in [-0.2, 0) is 10.0 Å². The minimum Gasteiger partial charge on any atom is -0.298 e. The van der Waals surface area contributed by atoms with E-state index in [1.54, 1.807) is 41.8 Å². The minimum absolute atomic E-state index is 0.00597. The molecule has 7 nitrogen and oxygen atoms in total. The zero-order chi connectivity index (χ0) is 20.8. The molecule has 0 atom stereocenters. The second-order valence-electron chi connectivity index (χ2n) is 6.16. The fourth-order valence-corrected chi connectivity index (χ4v) is 5.10. The van der Waals surface area contributed by atoms with Gasteiger partial charge in [-0.1, -0.05) is 29.8 Å². The molecule has 2 heterocycles. The van der Waals surface area contributed by atoms with E-state index >= 15 is 0 Å². The van der Waals surface area contributed by atoms with E-state index in [0.29, 0.717) is 15.9 Å². The van der Waals surface area contributed by atoms with Crippen LogP contribution in [0.4, 0.5) is 5.69 Å². The van der Waals surface area contributed by atoms with E-state index in [2.05, 4.69) is 4.98 Å². The van der Waals surface area contributed by atoms with Gasteiger partial charge in [-0.15, -0.1) is 11.3 Å². The number of sulfonamides is 1. The Bertz CT molecular complexity index is 1440. The van der Waals surface area contributed by atoms with Gasteiger partial charge in [0.25, 0.3) is 15.6 Å². The van der Waals surface area contributed by atoms with Crippen molar-refractivity contribution in [2.24, 2.45) is 0 Å². The summed E-state index contributed by atoms with van der Waals surface area (Å²) in [5, 5.41) is 2.08. The van der Waals surface area contributed by atoms with Crippen LogP contribution in [0.15, 0.2) is 74.5 Å². The van der Waals surface area contributed by atoms with Gasteiger partial charge in [-0.3, -0.25) is 14.1 Å². The van der Waals surface area contributed by atoms with E-state index in [0.717, 1.165) is 8.87 Å². The van der Waals surface area contributed by atoms with E-state index < -0.39 is 21.3 Å². The lowest BCUT2D eigenvalue weighted by Gasteiger charge is -2.20. The van der Waals surface area contributed by atoms with Crippen LogP contribution in [0.5, 0.6) is 0 Å². The molecule has 2 aromatic carbocycles. The number of hydrogen-bond acceptors (Lipinski definition) is 5. The highest BCUT2D eigenvalue weighted by Gasteiger charge is 2.23. The molecule has 0 amide bonds. The van der Waals surface area contributed by atoms with Crippen LogP contribution in [0.1, 0.15) is 0 Å². The Hall–Kier alpha value is -2.88. The van der Waals surface area contributed by atoms with Crippen molar-refractivity contribution in [1.29, 1.82) is 0 Å². The lowest BCUT2D eigenvalue weighted by atomic mass is 10.3. The van der Waals surface area contributed by atoms with Crippen LogP contribution in [0.3, 0.4) is 0 Å². The van der Waals surface area contributed by atoms with Gasteiger partial charge in [0.1, 0.15) is 4.83 Å². The largest absolute Gasteiger partial charge is 0.334 e. The number of halogens is 1. The number of fused-ring (bicyclic) bond motifs is 1. The highest BCUT2D eigenvalue weighted by Crippen LogP contribution is 2.27. The molecule has 4 rings (SSSR count). The molecule has 0 aliphatic carbocycles. The van der Waals surface area contributed by atoms with Crippen molar-refractivity contribution >= 4 is 48.9 Å². The van der Waals surface area contributed by atoms with E-state index in [1.165, 1.54) is 36.6 Å². The Labute approximate surface area is 174 Å². The lowest BCUT2D eigenvalue weighted by Crippen LogP contribution is -2.33. The van der Waals surface area contributed by atoms with E-state index in [-0.39, 0.29) is 15.6 Å². The first kappa shape index (κ1) is 19.4. The van der Waals surface area contributed by atoms with Crippen molar-refractivity contribution in [1.82, 2.24) is 9.55 Å². The second kappa shape index (κ2) is 7.18. The van der Waals surface area contributed by atoms with Gasteiger partial charge in [0.05, 0.1) is 26.7 Å². The average molecular weight is 448 g/mol. The summed E-state index contributed by atoms with van der Waals surface area (Å²) in [6, 6.07) is 14.1. The van der Waals surface area contributed by atoms with Crippen LogP contribution < -0.4 is 15.6 Å². The molecule has 0 saturated heterocycles. The molecule has 0 fully saturated rings. The van der Waals surface area contributed by atoms with Crippen LogP contribution in [0.25, 0.3) is 15.9 Å². The number of para-hydroxylation sites is 1. The molecular weight excluding hydrogens is 434 g/mol. The second-order valence-corrected chi connectivity index (χ2v) is 9.45. The highest BCUT2D eigenvalue weighted by molar-refractivity contribution is 7.92. The molecule has 29 heavy (non-hydrogen) atoms. The maximum Gasteiger partial charge on any atom is 0.334 e. The van der Waals surface area contributed by atoms with E-state index in [4.69, 9.17) is 11.6 Å². The molecular formula is C19H14ClN3O4S2. The number of anilines is 1. The molecule has 0 radical (unpaired) electrons. The van der Waals surface area contributed by atoms with Crippen molar-refractivity contribution in [2.75, 3.05) is 11.4 Å². The number of nitrogens with zero attached hydrogens (tertiary/aromatic N) is 2. The van der Waals surface area contributed by atoms with Gasteiger partial charge < -0.3 is 0 Å². The van der Waals surface area contributed by atoms with Crippen LogP contribution in [0, 0.1) is 0 Å². The minimum atomic E-state index is -3.95. The molecule has 4 aromatic rings. The molecule has 0 unspecified atom stereocenters. The first-order valence-corrected chi connectivity index (χ1v) is 11.1. The van der Waals surface area contributed by atoms with E-state index in [1.807, 2.05) is 0 Å². The molecule has 0 saturated carbocycles. The Morgan fingerprint density at radius 1 is 1.07 bits per heavy atom. The average Bonchev–Trinajstić information content (AvgIpc) is 3.18. The van der Waals surface area contributed by atoms with Crippen LogP contribution in [0.2, 0.25) is 5.02 Å². The Morgan fingerprint density at radius 3 is 2.52 bits per heavy atom. The molecule has 1 N–H and O–H groups in total. The number of benzene rings is 2. The number of nitrogens with one attached hydrogen (secondary N) is 1. The SMILES string of the molecule is CN(c1ccccc1)S(=O)(=O)c1ccc(Cl)c(-n2c(=O)[nH]c3sccc3c2=O)c1. The summed E-state index contributed by atoms with van der Waals surface area (Å²) >= 11 is 7.46. The summed E-state index contributed by atoms with van der Waals surface area (Å²) in [7, 11) is -2.52. The quantitative estimate of drug-likeness (QED) is 0.520. The third-order valence-electron chi connectivity index (χ3n) is 4.46. The zero-order valence-corrected chi connectivity index (χ0v) is 17.4. The molecule has 148 valence electrons. The van der Waals surface area contributed by atoms with Crippen molar-refractivity contribution in [2.45, 2.75) is 4.90 Å². The maximum absolute atomic E-state index is 13.1. The monoisotopic (exact) mass is 447 g/mol. The van der Waals surface area contributed by atoms with E-state index in [9.17, 15) is 18.0 Å². The molecule has 2 aromatic heterocycles. The topological polar surface area (TPSA) is 92.2 Å². The highest BCUT2D eigenvalue weighted by atomic mass is 35.5. The normalized spacial score (nSPS) is 11.7. The van der Waals surface area contributed by atoms with Gasteiger partial charge in [0, 0.05) is 7.05 Å². The van der Waals surface area contributed by atoms with Crippen molar-refractivity contribution in [3.05, 3.63) is 85.8 Å². The number of aromatic amines is 1. The van der Waals surface area contributed by atoms with Gasteiger partial charge in [0.2, 0.25) is 0 Å². The smallest absolute Gasteiger partial charge is 0.298 e. The van der Waals surface area contributed by atoms with Gasteiger partial charge in [-0.2, -0.15) is 0 Å². The summed E-state index contributed by atoms with van der Waals surface area (Å²) in [5.74, 6) is 0. The maximum atomic E-state index is 13.1. The van der Waals surface area contributed by atoms with Crippen LogP contribution in [-0.4, -0.2) is 25.0 Å². The summed E-state index contributed by atoms with van der Waals surface area (Å²) in [5.41, 5.74) is -0.803. The third kappa shape index (κ3) is 3.27. The number of aromatic nitrogens is 2. The van der Waals surface area contributed by atoms with Gasteiger partial charge in [0.15, 0.2) is 0 Å². The van der Waals surface area contributed by atoms with Crippen molar-refractivity contribution < 1.29 is 8.42 Å². The van der Waals surface area contributed by atoms with Gasteiger partial charge in [-0.05, 0) is 41.8 Å². The van der Waals surface area contributed by atoms with Crippen LogP contribution >= 0.6 is 22.9 Å². The summed E-state index contributed by atoms with van der Waals surface area (Å²) in [6.45, 7) is 0. The number of rotatable bonds is 4. The fraction of sp³-hybridized carbons (Fsp3) is 0.0526. The summed E-state index contributed by atoms with van der Waals surface area (Å²) in [6.07, 6.45) is 0. The predicted molar refractivity (Wildman–Crippen MR) is 115 cm³/mol. The molecule has 0 aliphatic rings. The predicted octanol–water partition coefficient (Wildman–Crippen LogP) is 3.22. The van der Waals surface area contributed by atoms with Crippen molar-refractivity contribution in [3.63, 3.8) is 0 Å². The number of thiophene rings is 1. The van der Waals surface area contributed by atoms with Gasteiger partial charge >= 0.3 is 5.69 Å². The lowest BCUT2D eigenvalue weighted by molar-refractivity contribution is 0.594. The van der Waals surface area contributed by atoms with Crippen molar-refractivity contribution in [3.8, 4) is 5.69 Å². The first-order valence-electron chi connectivity index (χ1n) is 8.37. The molecule has 10 heteroatoms. The Balaban J connectivity index is 1.90. The molecule has 0 spiro atoms. The Morgan fingerprint density at radius 2 is 1.79 bits per heavy atom. The first-order chi connectivity index (χ1) is 13.8. The zero-order valence-electron chi connectivity index (χ0n) is 15.0. The summed E-state index contributed by atoms with van der Waals surface area (Å²) < 4.78 is 28.1. The fourth-order valence-electron chi connectivity index (χ4n) is 2.92. The van der Waals surface area contributed by atoms with Gasteiger partial charge in [-0.25, -0.2) is 17.8 Å². The number of hydrogen-bond donors (Lipinski definition) is 1. The molecule has 0 bridgehead atoms.